The Balaban J connectivity index is 1.78. The molecule has 0 heterocycles. The minimum absolute atomic E-state index is 0.0550. The molecule has 1 unspecified atom stereocenters. The molecule has 0 saturated heterocycles. The summed E-state index contributed by atoms with van der Waals surface area (Å²) in [4.78, 5) is 11.5. The quantitative estimate of drug-likeness (QED) is 0.485. The minimum Gasteiger partial charge on any atom is -0.481 e. The molecule has 4 aliphatic carbocycles. The Morgan fingerprint density at radius 2 is 1.80 bits per heavy atom. The van der Waals surface area contributed by atoms with Crippen molar-refractivity contribution >= 4 is 5.97 Å². The van der Waals surface area contributed by atoms with Crippen LogP contribution < -0.4 is 0 Å². The lowest BCUT2D eigenvalue weighted by Gasteiger charge is -2.66. The summed E-state index contributed by atoms with van der Waals surface area (Å²) < 4.78 is 0. The van der Waals surface area contributed by atoms with E-state index >= 15 is 0 Å². The summed E-state index contributed by atoms with van der Waals surface area (Å²) in [6.45, 7) is 19.1. The van der Waals surface area contributed by atoms with Crippen LogP contribution in [0.5, 0.6) is 0 Å². The molecule has 0 bridgehead atoms. The lowest BCUT2D eigenvalue weighted by molar-refractivity contribution is -0.140. The fraction of sp³-hybridized carbons (Fsp3) is 0.821. The van der Waals surface area contributed by atoms with E-state index in [1.54, 1.807) is 5.57 Å². The number of carboxylic acid groups (broad SMARTS) is 1. The maximum atomic E-state index is 11.5. The Kier molecular flexibility index (Phi) is 5.35. The van der Waals surface area contributed by atoms with Gasteiger partial charge < -0.3 is 5.11 Å². The molecule has 3 fully saturated rings. The van der Waals surface area contributed by atoms with Crippen LogP contribution >= 0.6 is 0 Å². The van der Waals surface area contributed by atoms with Gasteiger partial charge in [-0.1, -0.05) is 64.8 Å². The number of rotatable bonds is 4. The van der Waals surface area contributed by atoms with Crippen molar-refractivity contribution < 1.29 is 9.90 Å². The largest absolute Gasteiger partial charge is 0.481 e. The highest BCUT2D eigenvalue weighted by molar-refractivity contribution is 5.66. The van der Waals surface area contributed by atoms with E-state index in [0.717, 1.165) is 36.5 Å². The Bertz CT molecular complexity index is 765. The molecule has 0 aromatic carbocycles. The molecular weight excluding hydrogens is 368 g/mol. The Hall–Kier alpha value is -1.05. The second-order valence-corrected chi connectivity index (χ2v) is 12.5. The van der Waals surface area contributed by atoms with Crippen molar-refractivity contribution in [3.63, 3.8) is 0 Å². The molecule has 1 N–H and O–H groups in total. The first-order valence-corrected chi connectivity index (χ1v) is 12.5. The number of carboxylic acids is 1. The molecule has 0 radical (unpaired) electrons. The number of aliphatic carboxylic acids is 1. The van der Waals surface area contributed by atoms with Crippen LogP contribution in [0.15, 0.2) is 23.8 Å². The van der Waals surface area contributed by atoms with Gasteiger partial charge in [0.1, 0.15) is 0 Å². The molecule has 168 valence electrons. The average molecular weight is 413 g/mol. The van der Waals surface area contributed by atoms with E-state index in [9.17, 15) is 9.90 Å². The van der Waals surface area contributed by atoms with E-state index in [0.29, 0.717) is 22.7 Å². The van der Waals surface area contributed by atoms with Gasteiger partial charge >= 0.3 is 5.97 Å². The van der Waals surface area contributed by atoms with Crippen LogP contribution in [0.3, 0.4) is 0 Å². The fourth-order valence-corrected chi connectivity index (χ4v) is 9.55. The van der Waals surface area contributed by atoms with Gasteiger partial charge in [0.25, 0.3) is 0 Å². The van der Waals surface area contributed by atoms with E-state index in [2.05, 4.69) is 54.2 Å². The SMILES string of the molecule is C=C(C)[C@@H]1CC[C@@H]2C(=CC[C@@]3(C)[C@@H]4CC[C@H](C)C4[C@H](C)C[C@]23C)[C@@]1(C)CCC(=O)O. The van der Waals surface area contributed by atoms with E-state index in [4.69, 9.17) is 0 Å². The molecule has 2 heteroatoms. The predicted octanol–water partition coefficient (Wildman–Crippen LogP) is 7.50. The minimum atomic E-state index is -0.666. The summed E-state index contributed by atoms with van der Waals surface area (Å²) in [6, 6.07) is 0. The maximum absolute atomic E-state index is 11.5. The molecule has 3 saturated carbocycles. The second kappa shape index (κ2) is 7.24. The summed E-state index contributed by atoms with van der Waals surface area (Å²) in [5, 5.41) is 9.48. The molecule has 0 aromatic rings. The topological polar surface area (TPSA) is 37.3 Å². The highest BCUT2D eigenvalue weighted by Crippen LogP contribution is 2.73. The van der Waals surface area contributed by atoms with Gasteiger partial charge in [-0.05, 0) is 97.2 Å². The lowest BCUT2D eigenvalue weighted by atomic mass is 9.38. The third kappa shape index (κ3) is 2.91. The van der Waals surface area contributed by atoms with Gasteiger partial charge in [0.15, 0.2) is 0 Å². The van der Waals surface area contributed by atoms with Crippen molar-refractivity contribution in [1.82, 2.24) is 0 Å². The van der Waals surface area contributed by atoms with Crippen LogP contribution in [0.4, 0.5) is 0 Å². The highest BCUT2D eigenvalue weighted by Gasteiger charge is 2.65. The van der Waals surface area contributed by atoms with Crippen molar-refractivity contribution in [3.8, 4) is 0 Å². The van der Waals surface area contributed by atoms with Crippen molar-refractivity contribution in [2.24, 2.45) is 51.8 Å². The van der Waals surface area contributed by atoms with E-state index in [1.807, 2.05) is 0 Å². The highest BCUT2D eigenvalue weighted by atomic mass is 16.4. The Labute approximate surface area is 184 Å². The van der Waals surface area contributed by atoms with Gasteiger partial charge in [0.2, 0.25) is 0 Å². The van der Waals surface area contributed by atoms with Crippen molar-refractivity contribution in [3.05, 3.63) is 23.8 Å². The number of hydrogen-bond acceptors (Lipinski definition) is 1. The van der Waals surface area contributed by atoms with E-state index in [1.165, 1.54) is 37.7 Å². The first-order valence-electron chi connectivity index (χ1n) is 12.5. The van der Waals surface area contributed by atoms with Crippen LogP contribution in [0.2, 0.25) is 0 Å². The smallest absolute Gasteiger partial charge is 0.303 e. The van der Waals surface area contributed by atoms with Crippen molar-refractivity contribution in [2.45, 2.75) is 92.9 Å². The summed E-state index contributed by atoms with van der Waals surface area (Å²) in [6.07, 6.45) is 11.4. The third-order valence-electron chi connectivity index (χ3n) is 11.1. The summed E-state index contributed by atoms with van der Waals surface area (Å²) >= 11 is 0. The summed E-state index contributed by atoms with van der Waals surface area (Å²) in [5.41, 5.74) is 3.49. The maximum Gasteiger partial charge on any atom is 0.303 e. The zero-order valence-corrected chi connectivity index (χ0v) is 20.3. The molecule has 0 aliphatic heterocycles. The number of fused-ring (bicyclic) bond motifs is 5. The van der Waals surface area contributed by atoms with E-state index < -0.39 is 5.97 Å². The number of allylic oxidation sites excluding steroid dienone is 3. The van der Waals surface area contributed by atoms with Gasteiger partial charge in [-0.25, -0.2) is 0 Å². The molecule has 4 rings (SSSR count). The molecule has 0 amide bonds. The predicted molar refractivity (Wildman–Crippen MR) is 124 cm³/mol. The Morgan fingerprint density at radius 1 is 1.10 bits per heavy atom. The molecular formula is C28H44O2. The normalized spacial score (nSPS) is 50.1. The molecule has 9 atom stereocenters. The van der Waals surface area contributed by atoms with Gasteiger partial charge in [0.05, 0.1) is 0 Å². The zero-order chi connectivity index (χ0) is 22.1. The van der Waals surface area contributed by atoms with Crippen LogP contribution in [0.25, 0.3) is 0 Å². The molecule has 30 heavy (non-hydrogen) atoms. The first kappa shape index (κ1) is 22.2. The standard InChI is InChI=1S/C28H44O2/c1-17(2)20-10-11-22-21(26(20,5)14-13-24(29)30)12-15-27(6)23-9-8-18(3)25(23)19(4)16-28(22,27)7/h12,18-20,22-23,25H,1,8-11,13-16H2,2-7H3,(H,29,30)/t18-,19+,20-,22+,23+,25?,26-,27-,28+/m0/s1. The van der Waals surface area contributed by atoms with Crippen LogP contribution in [0.1, 0.15) is 92.9 Å². The zero-order valence-electron chi connectivity index (χ0n) is 20.3. The van der Waals surface area contributed by atoms with Gasteiger partial charge in [-0.2, -0.15) is 0 Å². The Morgan fingerprint density at radius 3 is 2.43 bits per heavy atom. The van der Waals surface area contributed by atoms with Crippen LogP contribution in [0, 0.1) is 51.8 Å². The van der Waals surface area contributed by atoms with Crippen LogP contribution in [-0.4, -0.2) is 11.1 Å². The van der Waals surface area contributed by atoms with Gasteiger partial charge in [-0.3, -0.25) is 4.79 Å². The fourth-order valence-electron chi connectivity index (χ4n) is 9.55. The lowest BCUT2D eigenvalue weighted by Crippen LogP contribution is -2.59. The third-order valence-corrected chi connectivity index (χ3v) is 11.1. The number of carbonyl (C=O) groups is 1. The first-order chi connectivity index (χ1) is 14.0. The summed E-state index contributed by atoms with van der Waals surface area (Å²) in [5.74, 6) is 3.76. The van der Waals surface area contributed by atoms with E-state index in [-0.39, 0.29) is 11.8 Å². The average Bonchev–Trinajstić information content (AvgIpc) is 3.05. The molecule has 0 aromatic heterocycles. The van der Waals surface area contributed by atoms with Gasteiger partial charge in [0, 0.05) is 6.42 Å². The summed E-state index contributed by atoms with van der Waals surface area (Å²) in [7, 11) is 0. The van der Waals surface area contributed by atoms with Crippen molar-refractivity contribution in [2.75, 3.05) is 0 Å². The van der Waals surface area contributed by atoms with Gasteiger partial charge in [-0.15, -0.1) is 0 Å². The number of hydrogen-bond donors (Lipinski definition) is 1. The second-order valence-electron chi connectivity index (χ2n) is 12.5. The molecule has 2 nitrogen and oxygen atoms in total. The molecule has 4 aliphatic rings. The van der Waals surface area contributed by atoms with Crippen LogP contribution in [-0.2, 0) is 4.79 Å². The van der Waals surface area contributed by atoms with Crippen molar-refractivity contribution in [1.29, 1.82) is 0 Å². The monoisotopic (exact) mass is 412 g/mol. The molecule has 0 spiro atoms.